The predicted molar refractivity (Wildman–Crippen MR) is 55.7 cm³/mol. The summed E-state index contributed by atoms with van der Waals surface area (Å²) in [6.45, 7) is 2.01. The summed E-state index contributed by atoms with van der Waals surface area (Å²) in [7, 11) is 4.26. The fourth-order valence-electron chi connectivity index (χ4n) is 1.78. The summed E-state index contributed by atoms with van der Waals surface area (Å²) in [6.07, 6.45) is 1.16. The van der Waals surface area contributed by atoms with Crippen molar-refractivity contribution in [1.29, 1.82) is 0 Å². The van der Waals surface area contributed by atoms with Gasteiger partial charge in [0.2, 0.25) is 0 Å². The first-order chi connectivity index (χ1) is 6.27. The van der Waals surface area contributed by atoms with Gasteiger partial charge in [0.25, 0.3) is 0 Å². The molecule has 3 heteroatoms. The Bertz CT molecular complexity index is 282. The van der Waals surface area contributed by atoms with Crippen molar-refractivity contribution in [2.24, 2.45) is 0 Å². The van der Waals surface area contributed by atoms with E-state index in [1.165, 1.54) is 4.88 Å². The predicted octanol–water partition coefficient (Wildman–Crippen LogP) is 2.18. The van der Waals surface area contributed by atoms with Crippen molar-refractivity contribution in [3.8, 4) is 5.75 Å². The zero-order chi connectivity index (χ0) is 9.26. The van der Waals surface area contributed by atoms with Crippen LogP contribution in [-0.2, 0) is 0 Å². The molecular formula is C10H15NOS. The van der Waals surface area contributed by atoms with Crippen LogP contribution in [0.1, 0.15) is 17.2 Å². The summed E-state index contributed by atoms with van der Waals surface area (Å²) in [5.41, 5.74) is 0. The fourth-order valence-corrected chi connectivity index (χ4v) is 2.75. The highest BCUT2D eigenvalue weighted by Gasteiger charge is 2.22. The minimum Gasteiger partial charge on any atom is -0.492 e. The molecule has 0 saturated carbocycles. The van der Waals surface area contributed by atoms with Crippen LogP contribution in [-0.4, -0.2) is 32.1 Å². The van der Waals surface area contributed by atoms with Gasteiger partial charge >= 0.3 is 0 Å². The molecule has 0 radical (unpaired) electrons. The third kappa shape index (κ3) is 1.86. The van der Waals surface area contributed by atoms with Crippen molar-refractivity contribution in [2.45, 2.75) is 12.3 Å². The lowest BCUT2D eigenvalue weighted by atomic mass is 10.0. The molecule has 1 aromatic heterocycles. The standard InChI is InChI=1S/C10H15NOS/c1-11(2)7-8-3-5-12-9-4-6-13-10(8)9/h4,6,8H,3,5,7H2,1-2H3. The second kappa shape index (κ2) is 3.68. The molecular weight excluding hydrogens is 182 g/mol. The molecule has 13 heavy (non-hydrogen) atoms. The van der Waals surface area contributed by atoms with Gasteiger partial charge in [0.15, 0.2) is 0 Å². The first kappa shape index (κ1) is 9.03. The smallest absolute Gasteiger partial charge is 0.133 e. The number of hydrogen-bond donors (Lipinski definition) is 0. The first-order valence-electron chi connectivity index (χ1n) is 4.62. The van der Waals surface area contributed by atoms with Crippen LogP contribution in [0.5, 0.6) is 5.75 Å². The molecule has 1 atom stereocenters. The topological polar surface area (TPSA) is 12.5 Å². The maximum atomic E-state index is 5.57. The fraction of sp³-hybridized carbons (Fsp3) is 0.600. The van der Waals surface area contributed by atoms with E-state index in [2.05, 4.69) is 30.4 Å². The van der Waals surface area contributed by atoms with Gasteiger partial charge in [0.1, 0.15) is 5.75 Å². The van der Waals surface area contributed by atoms with E-state index < -0.39 is 0 Å². The van der Waals surface area contributed by atoms with Crippen molar-refractivity contribution < 1.29 is 4.74 Å². The van der Waals surface area contributed by atoms with Crippen molar-refractivity contribution in [3.63, 3.8) is 0 Å². The van der Waals surface area contributed by atoms with E-state index in [1.807, 2.05) is 11.3 Å². The average Bonchev–Trinajstić information content (AvgIpc) is 2.51. The van der Waals surface area contributed by atoms with Gasteiger partial charge in [-0.3, -0.25) is 0 Å². The van der Waals surface area contributed by atoms with Crippen molar-refractivity contribution in [3.05, 3.63) is 16.3 Å². The number of hydrogen-bond acceptors (Lipinski definition) is 3. The Kier molecular flexibility index (Phi) is 2.56. The summed E-state index contributed by atoms with van der Waals surface area (Å²) < 4.78 is 5.57. The number of rotatable bonds is 2. The van der Waals surface area contributed by atoms with Gasteiger partial charge in [-0.2, -0.15) is 0 Å². The Morgan fingerprint density at radius 2 is 2.46 bits per heavy atom. The third-order valence-electron chi connectivity index (χ3n) is 2.34. The quantitative estimate of drug-likeness (QED) is 0.720. The number of fused-ring (bicyclic) bond motifs is 1. The van der Waals surface area contributed by atoms with Crippen LogP contribution in [0.3, 0.4) is 0 Å². The molecule has 0 aromatic carbocycles. The molecule has 0 aliphatic carbocycles. The van der Waals surface area contributed by atoms with Gasteiger partial charge in [-0.1, -0.05) is 0 Å². The second-order valence-electron chi connectivity index (χ2n) is 3.75. The van der Waals surface area contributed by atoms with Crippen LogP contribution in [0.2, 0.25) is 0 Å². The average molecular weight is 197 g/mol. The minimum atomic E-state index is 0.679. The number of thiophene rings is 1. The van der Waals surface area contributed by atoms with Crippen molar-refractivity contribution in [2.75, 3.05) is 27.2 Å². The maximum absolute atomic E-state index is 5.57. The van der Waals surface area contributed by atoms with Gasteiger partial charge in [0.05, 0.1) is 11.5 Å². The van der Waals surface area contributed by atoms with E-state index >= 15 is 0 Å². The van der Waals surface area contributed by atoms with Crippen LogP contribution in [0.25, 0.3) is 0 Å². The van der Waals surface area contributed by atoms with Gasteiger partial charge in [-0.25, -0.2) is 0 Å². The minimum absolute atomic E-state index is 0.679. The van der Waals surface area contributed by atoms with Gasteiger partial charge < -0.3 is 9.64 Å². The van der Waals surface area contributed by atoms with Crippen LogP contribution in [0, 0.1) is 0 Å². The van der Waals surface area contributed by atoms with Crippen LogP contribution < -0.4 is 4.74 Å². The Morgan fingerprint density at radius 1 is 1.62 bits per heavy atom. The summed E-state index contributed by atoms with van der Waals surface area (Å²) >= 11 is 1.82. The Hall–Kier alpha value is -0.540. The second-order valence-corrected chi connectivity index (χ2v) is 4.69. The third-order valence-corrected chi connectivity index (χ3v) is 3.40. The first-order valence-corrected chi connectivity index (χ1v) is 5.50. The molecule has 2 heterocycles. The highest BCUT2D eigenvalue weighted by Crippen LogP contribution is 2.37. The molecule has 1 aromatic rings. The van der Waals surface area contributed by atoms with E-state index in [1.54, 1.807) is 0 Å². The van der Waals surface area contributed by atoms with Crippen LogP contribution >= 0.6 is 11.3 Å². The number of ether oxygens (including phenoxy) is 1. The molecule has 0 fully saturated rings. The maximum Gasteiger partial charge on any atom is 0.133 e. The number of nitrogens with zero attached hydrogens (tertiary/aromatic N) is 1. The molecule has 0 saturated heterocycles. The molecule has 72 valence electrons. The number of likely N-dealkylation sites (N-methyl/N-ethyl adjacent to an activating group) is 1. The van der Waals surface area contributed by atoms with E-state index in [-0.39, 0.29) is 0 Å². The molecule has 0 N–H and O–H groups in total. The van der Waals surface area contributed by atoms with Gasteiger partial charge in [-0.05, 0) is 32.0 Å². The summed E-state index contributed by atoms with van der Waals surface area (Å²) in [5.74, 6) is 1.79. The largest absolute Gasteiger partial charge is 0.492 e. The summed E-state index contributed by atoms with van der Waals surface area (Å²) in [5, 5.41) is 2.12. The molecule has 0 spiro atoms. The normalized spacial score (nSPS) is 21.3. The Balaban J connectivity index is 2.15. The zero-order valence-corrected chi connectivity index (χ0v) is 8.93. The zero-order valence-electron chi connectivity index (χ0n) is 8.12. The lowest BCUT2D eigenvalue weighted by Gasteiger charge is -2.25. The van der Waals surface area contributed by atoms with Crippen LogP contribution in [0.4, 0.5) is 0 Å². The van der Waals surface area contributed by atoms with Crippen molar-refractivity contribution in [1.82, 2.24) is 4.90 Å². The van der Waals surface area contributed by atoms with E-state index in [0.717, 1.165) is 25.3 Å². The van der Waals surface area contributed by atoms with E-state index in [9.17, 15) is 0 Å². The molecule has 1 unspecified atom stereocenters. The lowest BCUT2D eigenvalue weighted by Crippen LogP contribution is -2.24. The van der Waals surface area contributed by atoms with Crippen molar-refractivity contribution >= 4 is 11.3 Å². The monoisotopic (exact) mass is 197 g/mol. The highest BCUT2D eigenvalue weighted by molar-refractivity contribution is 7.10. The summed E-state index contributed by atoms with van der Waals surface area (Å²) in [4.78, 5) is 3.68. The van der Waals surface area contributed by atoms with E-state index in [4.69, 9.17) is 4.74 Å². The van der Waals surface area contributed by atoms with Gasteiger partial charge in [0, 0.05) is 12.5 Å². The summed E-state index contributed by atoms with van der Waals surface area (Å²) in [6, 6.07) is 2.09. The molecule has 0 bridgehead atoms. The highest BCUT2D eigenvalue weighted by atomic mass is 32.1. The molecule has 2 nitrogen and oxygen atoms in total. The Morgan fingerprint density at radius 3 is 3.23 bits per heavy atom. The Labute approximate surface area is 83.1 Å². The SMILES string of the molecule is CN(C)CC1CCOc2ccsc21. The molecule has 0 amide bonds. The lowest BCUT2D eigenvalue weighted by molar-refractivity contribution is 0.248. The molecule has 1 aliphatic heterocycles. The molecule has 1 aliphatic rings. The van der Waals surface area contributed by atoms with E-state index in [0.29, 0.717) is 5.92 Å². The molecule has 2 rings (SSSR count). The van der Waals surface area contributed by atoms with Crippen LogP contribution in [0.15, 0.2) is 11.4 Å². The van der Waals surface area contributed by atoms with Gasteiger partial charge in [-0.15, -0.1) is 11.3 Å².